The van der Waals surface area contributed by atoms with Crippen molar-refractivity contribution >= 4 is 27.5 Å². The van der Waals surface area contributed by atoms with Crippen molar-refractivity contribution in [3.63, 3.8) is 0 Å². The van der Waals surface area contributed by atoms with Crippen molar-refractivity contribution in [2.75, 3.05) is 39.3 Å². The Kier molecular flexibility index (Phi) is 12.1. The summed E-state index contributed by atoms with van der Waals surface area (Å²) in [6.07, 6.45) is 0.706. The maximum Gasteiger partial charge on any atom is 0.265 e. The zero-order chi connectivity index (χ0) is 33.3. The number of benzene rings is 3. The zero-order valence-corrected chi connectivity index (χ0v) is 27.9. The average Bonchev–Trinajstić information content (AvgIpc) is 3.05. The molecular weight excluding hydrogens is 598 g/mol. The molecule has 0 aliphatic heterocycles. The summed E-state index contributed by atoms with van der Waals surface area (Å²) >= 11 is 0. The Hall–Kier alpha value is -4.45. The minimum atomic E-state index is -4.43. The third-order valence-corrected chi connectivity index (χ3v) is 9.40. The Labute approximate surface area is 266 Å². The molecule has 1 N–H and O–H groups in total. The van der Waals surface area contributed by atoms with E-state index in [4.69, 9.17) is 18.9 Å². The highest BCUT2D eigenvalue weighted by Gasteiger charge is 2.35. The number of rotatable bonds is 15. The van der Waals surface area contributed by atoms with Crippen molar-refractivity contribution in [2.24, 2.45) is 0 Å². The predicted octanol–water partition coefficient (Wildman–Crippen LogP) is 4.56. The third kappa shape index (κ3) is 8.18. The van der Waals surface area contributed by atoms with Crippen LogP contribution in [0.1, 0.15) is 38.3 Å². The molecule has 45 heavy (non-hydrogen) atoms. The quantitative estimate of drug-likeness (QED) is 0.256. The molecule has 11 nitrogen and oxygen atoms in total. The number of hydrogen-bond donors (Lipinski definition) is 1. The second-order valence-electron chi connectivity index (χ2n) is 10.5. The summed E-state index contributed by atoms with van der Waals surface area (Å²) in [5.74, 6) is 0.130. The molecular formula is C33H43N3O8S. The van der Waals surface area contributed by atoms with Gasteiger partial charge >= 0.3 is 0 Å². The smallest absolute Gasteiger partial charge is 0.265 e. The van der Waals surface area contributed by atoms with Gasteiger partial charge in [-0.1, -0.05) is 31.2 Å². The number of sulfonamides is 1. The van der Waals surface area contributed by atoms with Gasteiger partial charge in [-0.15, -0.1) is 0 Å². The van der Waals surface area contributed by atoms with E-state index in [-0.39, 0.29) is 40.6 Å². The topological polar surface area (TPSA) is 124 Å². The van der Waals surface area contributed by atoms with E-state index >= 15 is 0 Å². The maximum atomic E-state index is 14.4. The SMILES string of the molecule is CC[C@H](C)NC(=O)[C@H](C)N(Cc1ccccc1C)C(=O)CN(c1cc(OC)ccc1OC)S(=O)(=O)c1ccc(OC)c(OC)c1. The lowest BCUT2D eigenvalue weighted by atomic mass is 10.1. The third-order valence-electron chi connectivity index (χ3n) is 7.65. The van der Waals surface area contributed by atoms with Crippen LogP contribution in [0.4, 0.5) is 5.69 Å². The number of hydrogen-bond acceptors (Lipinski definition) is 8. The van der Waals surface area contributed by atoms with Crippen LogP contribution >= 0.6 is 0 Å². The lowest BCUT2D eigenvalue weighted by molar-refractivity contribution is -0.139. The summed E-state index contributed by atoms with van der Waals surface area (Å²) in [5.41, 5.74) is 1.82. The van der Waals surface area contributed by atoms with Crippen molar-refractivity contribution in [3.05, 3.63) is 71.8 Å². The molecule has 0 fully saturated rings. The van der Waals surface area contributed by atoms with Gasteiger partial charge in [0.05, 0.1) is 39.0 Å². The van der Waals surface area contributed by atoms with Crippen LogP contribution in [-0.4, -0.2) is 72.2 Å². The van der Waals surface area contributed by atoms with E-state index in [1.54, 1.807) is 19.1 Å². The molecule has 3 rings (SSSR count). The Morgan fingerprint density at radius 3 is 2.09 bits per heavy atom. The number of ether oxygens (including phenoxy) is 4. The molecule has 2 atom stereocenters. The van der Waals surface area contributed by atoms with Crippen molar-refractivity contribution in [1.29, 1.82) is 0 Å². The fourth-order valence-corrected chi connectivity index (χ4v) is 6.06. The first-order valence-corrected chi connectivity index (χ1v) is 16.0. The van der Waals surface area contributed by atoms with Gasteiger partial charge in [-0.25, -0.2) is 8.42 Å². The minimum absolute atomic E-state index is 0.0764. The molecule has 0 saturated carbocycles. The van der Waals surface area contributed by atoms with Crippen molar-refractivity contribution < 1.29 is 37.0 Å². The highest BCUT2D eigenvalue weighted by molar-refractivity contribution is 7.92. The second-order valence-corrected chi connectivity index (χ2v) is 12.4. The first-order valence-electron chi connectivity index (χ1n) is 14.5. The number of anilines is 1. The summed E-state index contributed by atoms with van der Waals surface area (Å²) in [7, 11) is 1.26. The van der Waals surface area contributed by atoms with Crippen LogP contribution in [-0.2, 0) is 26.2 Å². The number of aryl methyl sites for hydroxylation is 1. The fraction of sp³-hybridized carbons (Fsp3) is 0.394. The molecule has 2 amide bonds. The standard InChI is InChI=1S/C33H43N3O8S/c1-9-23(3)34-33(38)24(4)35(20-25-13-11-10-12-22(25)2)32(37)21-36(28-18-26(41-5)14-16-29(28)42-6)45(39,40)27-15-17-30(43-7)31(19-27)44-8/h10-19,23-24H,9,20-21H2,1-8H3,(H,34,38)/t23-,24-/m0/s1. The van der Waals surface area contributed by atoms with E-state index in [1.165, 1.54) is 57.6 Å². The predicted molar refractivity (Wildman–Crippen MR) is 173 cm³/mol. The Bertz CT molecular complexity index is 1590. The molecule has 0 bridgehead atoms. The zero-order valence-electron chi connectivity index (χ0n) is 27.1. The monoisotopic (exact) mass is 641 g/mol. The van der Waals surface area contributed by atoms with Crippen molar-refractivity contribution in [1.82, 2.24) is 10.2 Å². The molecule has 0 heterocycles. The normalized spacial score (nSPS) is 12.4. The highest BCUT2D eigenvalue weighted by atomic mass is 32.2. The molecule has 0 spiro atoms. The van der Waals surface area contributed by atoms with Crippen LogP contribution in [0.25, 0.3) is 0 Å². The van der Waals surface area contributed by atoms with E-state index < -0.39 is 28.5 Å². The van der Waals surface area contributed by atoms with Gasteiger partial charge in [0.15, 0.2) is 11.5 Å². The second kappa shape index (κ2) is 15.5. The molecule has 12 heteroatoms. The number of amides is 2. The maximum absolute atomic E-state index is 14.4. The van der Waals surface area contributed by atoms with Gasteiger partial charge in [-0.2, -0.15) is 0 Å². The molecule has 0 aliphatic rings. The van der Waals surface area contributed by atoms with Gasteiger partial charge in [-0.05, 0) is 62.6 Å². The summed E-state index contributed by atoms with van der Waals surface area (Å²) < 4.78 is 51.4. The molecule has 0 aromatic heterocycles. The van der Waals surface area contributed by atoms with Crippen LogP contribution in [0.5, 0.6) is 23.0 Å². The minimum Gasteiger partial charge on any atom is -0.497 e. The molecule has 3 aromatic carbocycles. The van der Waals surface area contributed by atoms with Crippen LogP contribution in [0.2, 0.25) is 0 Å². The lowest BCUT2D eigenvalue weighted by Gasteiger charge is -2.33. The fourth-order valence-electron chi connectivity index (χ4n) is 4.63. The molecule has 0 radical (unpaired) electrons. The highest BCUT2D eigenvalue weighted by Crippen LogP contribution is 2.37. The summed E-state index contributed by atoms with van der Waals surface area (Å²) in [5, 5.41) is 2.94. The summed E-state index contributed by atoms with van der Waals surface area (Å²) in [6, 6.07) is 15.3. The lowest BCUT2D eigenvalue weighted by Crippen LogP contribution is -2.52. The number of nitrogens with one attached hydrogen (secondary N) is 1. The molecule has 0 unspecified atom stereocenters. The Balaban J connectivity index is 2.18. The van der Waals surface area contributed by atoms with Crippen LogP contribution in [0.15, 0.2) is 65.6 Å². The van der Waals surface area contributed by atoms with E-state index in [1.807, 2.05) is 45.0 Å². The average molecular weight is 642 g/mol. The van der Waals surface area contributed by atoms with Crippen molar-refractivity contribution in [2.45, 2.75) is 57.6 Å². The van der Waals surface area contributed by atoms with Crippen LogP contribution in [0, 0.1) is 6.92 Å². The summed E-state index contributed by atoms with van der Waals surface area (Å²) in [4.78, 5) is 28.9. The molecule has 0 aliphatic carbocycles. The van der Waals surface area contributed by atoms with E-state index in [0.717, 1.165) is 15.4 Å². The Morgan fingerprint density at radius 2 is 1.49 bits per heavy atom. The van der Waals surface area contributed by atoms with Gasteiger partial charge in [0.2, 0.25) is 11.8 Å². The first kappa shape index (κ1) is 35.0. The Morgan fingerprint density at radius 1 is 0.844 bits per heavy atom. The van der Waals surface area contributed by atoms with Crippen LogP contribution in [0.3, 0.4) is 0 Å². The molecule has 3 aromatic rings. The number of carbonyl (C=O) groups is 2. The van der Waals surface area contributed by atoms with E-state index in [2.05, 4.69) is 5.32 Å². The van der Waals surface area contributed by atoms with E-state index in [0.29, 0.717) is 17.9 Å². The van der Waals surface area contributed by atoms with Crippen molar-refractivity contribution in [3.8, 4) is 23.0 Å². The summed E-state index contributed by atoms with van der Waals surface area (Å²) in [6.45, 7) is 6.81. The van der Waals surface area contributed by atoms with Gasteiger partial charge in [0.1, 0.15) is 24.1 Å². The number of carbonyl (C=O) groups excluding carboxylic acids is 2. The van der Waals surface area contributed by atoms with Gasteiger partial charge in [-0.3, -0.25) is 13.9 Å². The van der Waals surface area contributed by atoms with Crippen LogP contribution < -0.4 is 28.6 Å². The van der Waals surface area contributed by atoms with Gasteiger partial charge in [0.25, 0.3) is 10.0 Å². The molecule has 244 valence electrons. The van der Waals surface area contributed by atoms with Gasteiger partial charge in [0, 0.05) is 24.7 Å². The van der Waals surface area contributed by atoms with E-state index in [9.17, 15) is 18.0 Å². The number of methoxy groups -OCH3 is 4. The number of nitrogens with zero attached hydrogens (tertiary/aromatic N) is 2. The largest absolute Gasteiger partial charge is 0.497 e. The van der Waals surface area contributed by atoms with Gasteiger partial charge < -0.3 is 29.2 Å². The molecule has 0 saturated heterocycles. The first-order chi connectivity index (χ1) is 21.4.